The van der Waals surface area contributed by atoms with Crippen molar-refractivity contribution in [2.24, 2.45) is 11.3 Å². The lowest BCUT2D eigenvalue weighted by molar-refractivity contribution is -0.149. The summed E-state index contributed by atoms with van der Waals surface area (Å²) in [5, 5.41) is 9.56. The Morgan fingerprint density at radius 1 is 1.55 bits per heavy atom. The highest BCUT2D eigenvalue weighted by Crippen LogP contribution is 2.49. The zero-order valence-corrected chi connectivity index (χ0v) is 12.7. The molecule has 5 heteroatoms. The molecular formula is C15H17BrFNO2. The van der Waals surface area contributed by atoms with Crippen LogP contribution in [0, 0.1) is 17.2 Å². The Bertz CT molecular complexity index is 551. The molecule has 1 aliphatic heterocycles. The zero-order valence-electron chi connectivity index (χ0n) is 11.1. The molecule has 3 nitrogen and oxygen atoms in total. The minimum absolute atomic E-state index is 0.263. The smallest absolute Gasteiger partial charge is 0.311 e. The molecule has 1 aliphatic carbocycles. The summed E-state index contributed by atoms with van der Waals surface area (Å²) in [5.41, 5.74) is 0.457. The van der Waals surface area contributed by atoms with Gasteiger partial charge in [0.1, 0.15) is 5.82 Å². The Balaban J connectivity index is 1.76. The van der Waals surface area contributed by atoms with Crippen molar-refractivity contribution < 1.29 is 14.3 Å². The minimum atomic E-state index is -0.652. The predicted molar refractivity (Wildman–Crippen MR) is 76.8 cm³/mol. The van der Waals surface area contributed by atoms with Crippen LogP contribution in [-0.2, 0) is 11.3 Å². The summed E-state index contributed by atoms with van der Waals surface area (Å²) in [4.78, 5) is 13.8. The molecule has 1 saturated heterocycles. The number of hydrogen-bond donors (Lipinski definition) is 1. The van der Waals surface area contributed by atoms with Gasteiger partial charge in [0.15, 0.2) is 0 Å². The molecule has 2 fully saturated rings. The number of carboxylic acid groups (broad SMARTS) is 1. The van der Waals surface area contributed by atoms with E-state index in [2.05, 4.69) is 20.8 Å². The van der Waals surface area contributed by atoms with Crippen molar-refractivity contribution in [1.29, 1.82) is 0 Å². The van der Waals surface area contributed by atoms with Crippen LogP contribution in [0.4, 0.5) is 4.39 Å². The molecule has 0 amide bonds. The van der Waals surface area contributed by atoms with Crippen LogP contribution in [0.3, 0.4) is 0 Å². The van der Waals surface area contributed by atoms with Crippen LogP contribution < -0.4 is 0 Å². The first kappa shape index (κ1) is 14.0. The van der Waals surface area contributed by atoms with Gasteiger partial charge in [-0.05, 0) is 36.5 Å². The van der Waals surface area contributed by atoms with Gasteiger partial charge in [0.25, 0.3) is 0 Å². The van der Waals surface area contributed by atoms with Crippen molar-refractivity contribution >= 4 is 21.9 Å². The van der Waals surface area contributed by atoms with Gasteiger partial charge in [0.05, 0.1) is 5.41 Å². The van der Waals surface area contributed by atoms with Gasteiger partial charge in [-0.1, -0.05) is 28.4 Å². The SMILES string of the molecule is O=C(O)[C@@]12CCC[C@H]1CN(Cc1ccc(F)cc1Br)C2. The molecule has 2 atom stereocenters. The van der Waals surface area contributed by atoms with E-state index in [1.54, 1.807) is 6.07 Å². The Morgan fingerprint density at radius 2 is 2.35 bits per heavy atom. The number of halogens is 2. The number of fused-ring (bicyclic) bond motifs is 1. The molecule has 0 spiro atoms. The summed E-state index contributed by atoms with van der Waals surface area (Å²) in [6.07, 6.45) is 2.81. The van der Waals surface area contributed by atoms with E-state index in [1.807, 2.05) is 0 Å². The maximum atomic E-state index is 13.1. The monoisotopic (exact) mass is 341 g/mol. The highest BCUT2D eigenvalue weighted by atomic mass is 79.9. The molecule has 3 rings (SSSR count). The number of hydrogen-bond acceptors (Lipinski definition) is 2. The topological polar surface area (TPSA) is 40.5 Å². The van der Waals surface area contributed by atoms with Crippen LogP contribution in [-0.4, -0.2) is 29.1 Å². The third-order valence-corrected chi connectivity index (χ3v) is 5.51. The second-order valence-electron chi connectivity index (χ2n) is 5.96. The van der Waals surface area contributed by atoms with E-state index in [4.69, 9.17) is 0 Å². The molecule has 1 aromatic rings. The summed E-state index contributed by atoms with van der Waals surface area (Å²) in [6.45, 7) is 2.11. The van der Waals surface area contributed by atoms with Crippen molar-refractivity contribution in [3.05, 3.63) is 34.1 Å². The molecule has 1 saturated carbocycles. The normalized spacial score (nSPS) is 29.6. The molecule has 1 aromatic carbocycles. The summed E-state index contributed by atoms with van der Waals surface area (Å²) >= 11 is 3.38. The summed E-state index contributed by atoms with van der Waals surface area (Å²) < 4.78 is 13.8. The molecule has 0 unspecified atom stereocenters. The molecule has 1 heterocycles. The van der Waals surface area contributed by atoms with Gasteiger partial charge in [-0.3, -0.25) is 9.69 Å². The minimum Gasteiger partial charge on any atom is -0.481 e. The molecule has 0 aromatic heterocycles. The van der Waals surface area contributed by atoms with Gasteiger partial charge in [-0.25, -0.2) is 4.39 Å². The van der Waals surface area contributed by atoms with Gasteiger partial charge in [-0.15, -0.1) is 0 Å². The Hall–Kier alpha value is -0.940. The second kappa shape index (κ2) is 5.11. The predicted octanol–water partition coefficient (Wildman–Crippen LogP) is 3.27. The number of rotatable bonds is 3. The first-order valence-electron chi connectivity index (χ1n) is 6.91. The van der Waals surface area contributed by atoms with Gasteiger partial charge < -0.3 is 5.11 Å². The molecule has 0 radical (unpaired) electrons. The summed E-state index contributed by atoms with van der Waals surface area (Å²) in [5.74, 6) is -0.652. The van der Waals surface area contributed by atoms with Crippen LogP contribution in [0.2, 0.25) is 0 Å². The van der Waals surface area contributed by atoms with Crippen LogP contribution in [0.25, 0.3) is 0 Å². The number of carbonyl (C=O) groups is 1. The Morgan fingerprint density at radius 3 is 3.00 bits per heavy atom. The molecule has 0 bridgehead atoms. The molecule has 1 N–H and O–H groups in total. The largest absolute Gasteiger partial charge is 0.481 e. The molecule has 2 aliphatic rings. The van der Waals surface area contributed by atoms with Gasteiger partial charge >= 0.3 is 5.97 Å². The quantitative estimate of drug-likeness (QED) is 0.917. The zero-order chi connectivity index (χ0) is 14.3. The number of aliphatic carboxylic acids is 1. The van der Waals surface area contributed by atoms with Crippen LogP contribution in [0.1, 0.15) is 24.8 Å². The van der Waals surface area contributed by atoms with Crippen molar-refractivity contribution in [2.45, 2.75) is 25.8 Å². The van der Waals surface area contributed by atoms with E-state index in [-0.39, 0.29) is 11.7 Å². The molecule has 20 heavy (non-hydrogen) atoms. The number of benzene rings is 1. The lowest BCUT2D eigenvalue weighted by Gasteiger charge is -2.23. The first-order chi connectivity index (χ1) is 9.51. The molecular weight excluding hydrogens is 325 g/mol. The number of nitrogens with zero attached hydrogens (tertiary/aromatic N) is 1. The second-order valence-corrected chi connectivity index (χ2v) is 6.81. The van der Waals surface area contributed by atoms with Crippen LogP contribution in [0.15, 0.2) is 22.7 Å². The van der Waals surface area contributed by atoms with E-state index in [0.717, 1.165) is 35.8 Å². The van der Waals surface area contributed by atoms with Crippen molar-refractivity contribution in [3.8, 4) is 0 Å². The standard InChI is InChI=1S/C15H17BrFNO2/c16-13-6-12(17)4-3-10(13)7-18-8-11-2-1-5-15(11,9-18)14(19)20/h3-4,6,11H,1-2,5,7-9H2,(H,19,20)/t11-,15+/m0/s1. The van der Waals surface area contributed by atoms with E-state index in [9.17, 15) is 14.3 Å². The van der Waals surface area contributed by atoms with Gasteiger partial charge in [-0.2, -0.15) is 0 Å². The summed E-state index contributed by atoms with van der Waals surface area (Å²) in [6, 6.07) is 4.67. The van der Waals surface area contributed by atoms with Crippen molar-refractivity contribution in [2.75, 3.05) is 13.1 Å². The first-order valence-corrected chi connectivity index (χ1v) is 7.70. The van der Waals surface area contributed by atoms with E-state index < -0.39 is 11.4 Å². The Kier molecular flexibility index (Phi) is 3.58. The number of likely N-dealkylation sites (tertiary alicyclic amines) is 1. The lowest BCUT2D eigenvalue weighted by Crippen LogP contribution is -2.35. The Labute approximate surface area is 125 Å². The fourth-order valence-corrected chi connectivity index (χ4v) is 4.23. The highest BCUT2D eigenvalue weighted by Gasteiger charge is 2.54. The maximum Gasteiger partial charge on any atom is 0.311 e. The average molecular weight is 342 g/mol. The van der Waals surface area contributed by atoms with Crippen LogP contribution in [0.5, 0.6) is 0 Å². The van der Waals surface area contributed by atoms with Crippen molar-refractivity contribution in [3.63, 3.8) is 0 Å². The maximum absolute atomic E-state index is 13.1. The van der Waals surface area contributed by atoms with Gasteiger partial charge in [0, 0.05) is 24.1 Å². The summed E-state index contributed by atoms with van der Waals surface area (Å²) in [7, 11) is 0. The third-order valence-electron chi connectivity index (χ3n) is 4.78. The fourth-order valence-electron chi connectivity index (χ4n) is 3.75. The molecule has 108 valence electrons. The van der Waals surface area contributed by atoms with E-state index in [0.29, 0.717) is 13.1 Å². The van der Waals surface area contributed by atoms with E-state index >= 15 is 0 Å². The third kappa shape index (κ3) is 2.27. The van der Waals surface area contributed by atoms with Crippen molar-refractivity contribution in [1.82, 2.24) is 4.90 Å². The number of carboxylic acids is 1. The fraction of sp³-hybridized carbons (Fsp3) is 0.533. The van der Waals surface area contributed by atoms with Gasteiger partial charge in [0.2, 0.25) is 0 Å². The average Bonchev–Trinajstić information content (AvgIpc) is 2.90. The lowest BCUT2D eigenvalue weighted by atomic mass is 9.81. The van der Waals surface area contributed by atoms with E-state index in [1.165, 1.54) is 12.1 Å². The van der Waals surface area contributed by atoms with Crippen LogP contribution >= 0.6 is 15.9 Å². The highest BCUT2D eigenvalue weighted by molar-refractivity contribution is 9.10.